The molecule has 0 radical (unpaired) electrons. The monoisotopic (exact) mass is 480 g/mol. The van der Waals surface area contributed by atoms with Crippen LogP contribution < -0.4 is 0 Å². The lowest BCUT2D eigenvalue weighted by Gasteiger charge is -2.12. The Morgan fingerprint density at radius 2 is 1.64 bits per heavy atom. The molecule has 4 nitrogen and oxygen atoms in total. The Morgan fingerprint density at radius 1 is 0.972 bits per heavy atom. The first-order chi connectivity index (χ1) is 17.5. The van der Waals surface area contributed by atoms with Crippen LogP contribution in [-0.2, 0) is 29.0 Å². The van der Waals surface area contributed by atoms with E-state index in [2.05, 4.69) is 84.2 Å². The fourth-order valence-corrected chi connectivity index (χ4v) is 5.84. The summed E-state index contributed by atoms with van der Waals surface area (Å²) in [7, 11) is 0. The molecule has 36 heavy (non-hydrogen) atoms. The molecule has 3 aromatic carbocycles. The van der Waals surface area contributed by atoms with Gasteiger partial charge >= 0.3 is 5.97 Å². The van der Waals surface area contributed by atoms with Gasteiger partial charge in [-0.3, -0.25) is 0 Å². The maximum absolute atomic E-state index is 11.4. The van der Waals surface area contributed by atoms with Gasteiger partial charge in [-0.15, -0.1) is 0 Å². The van der Waals surface area contributed by atoms with Gasteiger partial charge in [0.1, 0.15) is 0 Å². The summed E-state index contributed by atoms with van der Waals surface area (Å²) in [6.45, 7) is 6.73. The minimum atomic E-state index is -0.360. The summed E-state index contributed by atoms with van der Waals surface area (Å²) in [5.41, 5.74) is 8.75. The van der Waals surface area contributed by atoms with Crippen molar-refractivity contribution >= 4 is 33.5 Å². The molecule has 0 unspecified atom stereocenters. The van der Waals surface area contributed by atoms with Gasteiger partial charge in [0, 0.05) is 41.7 Å². The van der Waals surface area contributed by atoms with Crippen LogP contribution >= 0.6 is 0 Å². The van der Waals surface area contributed by atoms with Crippen molar-refractivity contribution in [3.05, 3.63) is 82.9 Å². The van der Waals surface area contributed by atoms with Gasteiger partial charge in [0.05, 0.1) is 5.71 Å². The van der Waals surface area contributed by atoms with Crippen LogP contribution in [0.5, 0.6) is 0 Å². The number of fused-ring (bicyclic) bond motifs is 3. The Bertz CT molecular complexity index is 1420. The first kappa shape index (κ1) is 24.3. The van der Waals surface area contributed by atoms with E-state index < -0.39 is 0 Å². The highest BCUT2D eigenvalue weighted by molar-refractivity contribution is 6.08. The van der Waals surface area contributed by atoms with Gasteiger partial charge in [-0.25, -0.2) is 4.79 Å². The van der Waals surface area contributed by atoms with Crippen molar-refractivity contribution in [2.24, 2.45) is 11.1 Å². The maximum Gasteiger partial charge on any atom is 0.331 e. The van der Waals surface area contributed by atoms with Crippen LogP contribution in [0.3, 0.4) is 0 Å². The van der Waals surface area contributed by atoms with Gasteiger partial charge in [0.25, 0.3) is 0 Å². The molecule has 1 aliphatic carbocycles. The van der Waals surface area contributed by atoms with Crippen LogP contribution in [0.2, 0.25) is 0 Å². The highest BCUT2D eigenvalue weighted by Gasteiger charge is 2.19. The molecule has 0 amide bonds. The quantitative estimate of drug-likeness (QED) is 0.147. The fourth-order valence-electron chi connectivity index (χ4n) is 5.84. The molecule has 0 saturated heterocycles. The molecule has 4 heteroatoms. The van der Waals surface area contributed by atoms with Crippen LogP contribution in [-0.4, -0.2) is 16.2 Å². The lowest BCUT2D eigenvalue weighted by Crippen LogP contribution is -2.11. The molecule has 1 heterocycles. The zero-order chi connectivity index (χ0) is 25.1. The van der Waals surface area contributed by atoms with Crippen molar-refractivity contribution < 1.29 is 9.63 Å². The largest absolute Gasteiger partial charge is 0.341 e. The molecule has 1 fully saturated rings. The van der Waals surface area contributed by atoms with Crippen LogP contribution in [0.25, 0.3) is 21.8 Å². The number of oxime groups is 1. The third-order valence-electron chi connectivity index (χ3n) is 7.68. The summed E-state index contributed by atoms with van der Waals surface area (Å²) in [6, 6.07) is 22.3. The second kappa shape index (κ2) is 10.7. The van der Waals surface area contributed by atoms with E-state index in [1.54, 1.807) is 0 Å². The van der Waals surface area contributed by atoms with E-state index in [1.165, 1.54) is 76.7 Å². The normalized spacial score (nSPS) is 14.7. The second-order valence-electron chi connectivity index (χ2n) is 10.3. The number of carbonyl (C=O) groups excluding carboxylic acids is 1. The van der Waals surface area contributed by atoms with E-state index in [4.69, 9.17) is 4.84 Å². The molecule has 0 bridgehead atoms. The number of hydrogen-bond donors (Lipinski definition) is 0. The topological polar surface area (TPSA) is 43.6 Å². The Labute approximate surface area is 213 Å². The molecular weight excluding hydrogens is 444 g/mol. The zero-order valence-electron chi connectivity index (χ0n) is 21.7. The van der Waals surface area contributed by atoms with Crippen molar-refractivity contribution in [1.82, 2.24) is 4.57 Å². The smallest absolute Gasteiger partial charge is 0.331 e. The van der Waals surface area contributed by atoms with Crippen LogP contribution in [0.1, 0.15) is 68.2 Å². The van der Waals surface area contributed by atoms with E-state index >= 15 is 0 Å². The van der Waals surface area contributed by atoms with Gasteiger partial charge in [-0.1, -0.05) is 67.2 Å². The van der Waals surface area contributed by atoms with E-state index in [1.807, 2.05) is 0 Å². The third kappa shape index (κ3) is 5.23. The summed E-state index contributed by atoms with van der Waals surface area (Å²) in [5.74, 6) is 0.288. The number of rotatable bonds is 8. The van der Waals surface area contributed by atoms with Crippen LogP contribution in [0, 0.1) is 12.8 Å². The van der Waals surface area contributed by atoms with Gasteiger partial charge in [0.2, 0.25) is 0 Å². The van der Waals surface area contributed by atoms with Crippen molar-refractivity contribution in [3.8, 4) is 0 Å². The number of nitrogens with zero attached hydrogens (tertiary/aromatic N) is 2. The van der Waals surface area contributed by atoms with Crippen molar-refractivity contribution in [1.29, 1.82) is 0 Å². The molecule has 5 rings (SSSR count). The average Bonchev–Trinajstić information content (AvgIpc) is 3.49. The number of aromatic nitrogens is 1. The highest BCUT2D eigenvalue weighted by Crippen LogP contribution is 2.33. The average molecular weight is 481 g/mol. The first-order valence-electron chi connectivity index (χ1n) is 13.3. The predicted molar refractivity (Wildman–Crippen MR) is 149 cm³/mol. The van der Waals surface area contributed by atoms with Gasteiger partial charge < -0.3 is 9.40 Å². The second-order valence-corrected chi connectivity index (χ2v) is 10.3. The Balaban J connectivity index is 1.50. The maximum atomic E-state index is 11.4. The molecule has 4 aromatic rings. The van der Waals surface area contributed by atoms with Gasteiger partial charge in [-0.2, -0.15) is 0 Å². The SMILES string of the molecule is CCn1c2ccc(CC(CC3CCCC3)=NOC(C)=O)cc2c2cc(Cc3ccccc3C)ccc21. The number of hydrogen-bond acceptors (Lipinski definition) is 3. The predicted octanol–water partition coefficient (Wildman–Crippen LogP) is 7.76. The Morgan fingerprint density at radius 3 is 2.31 bits per heavy atom. The summed E-state index contributed by atoms with van der Waals surface area (Å²) in [4.78, 5) is 16.5. The van der Waals surface area contributed by atoms with Crippen LogP contribution in [0.15, 0.2) is 65.8 Å². The van der Waals surface area contributed by atoms with E-state index in [9.17, 15) is 4.79 Å². The Hall–Kier alpha value is -3.40. The van der Waals surface area contributed by atoms with Gasteiger partial charge in [-0.05, 0) is 79.1 Å². The van der Waals surface area contributed by atoms with E-state index in [-0.39, 0.29) is 5.97 Å². The summed E-state index contributed by atoms with van der Waals surface area (Å²) in [5, 5.41) is 6.86. The van der Waals surface area contributed by atoms with E-state index in [0.717, 1.165) is 25.1 Å². The molecule has 1 aliphatic rings. The molecule has 0 aliphatic heterocycles. The molecule has 0 atom stereocenters. The first-order valence-corrected chi connectivity index (χ1v) is 13.3. The lowest BCUT2D eigenvalue weighted by atomic mass is 9.95. The van der Waals surface area contributed by atoms with E-state index in [0.29, 0.717) is 12.3 Å². The van der Waals surface area contributed by atoms with Gasteiger partial charge in [0.15, 0.2) is 0 Å². The molecular formula is C32H36N2O2. The summed E-state index contributed by atoms with van der Waals surface area (Å²) < 4.78 is 2.40. The Kier molecular flexibility index (Phi) is 7.22. The molecule has 1 aromatic heterocycles. The lowest BCUT2D eigenvalue weighted by molar-refractivity contribution is -0.141. The van der Waals surface area contributed by atoms with Crippen LogP contribution in [0.4, 0.5) is 0 Å². The van der Waals surface area contributed by atoms with Crippen molar-refractivity contribution in [3.63, 3.8) is 0 Å². The summed E-state index contributed by atoms with van der Waals surface area (Å²) >= 11 is 0. The molecule has 0 N–H and O–H groups in total. The number of carbonyl (C=O) groups is 1. The van der Waals surface area contributed by atoms with Crippen molar-refractivity contribution in [2.75, 3.05) is 0 Å². The molecule has 186 valence electrons. The fraction of sp³-hybridized carbons (Fsp3) is 0.375. The standard InChI is InChI=1S/C32H36N2O2/c1-4-34-31-15-13-25(17-27-12-8-5-9-22(27)2)20-29(31)30-21-26(14-16-32(30)34)19-28(33-36-23(3)35)18-24-10-6-7-11-24/h5,8-9,12-16,20-21,24H,4,6-7,10-11,17-19H2,1-3H3. The van der Waals surface area contributed by atoms with Crippen molar-refractivity contribution in [2.45, 2.75) is 72.3 Å². The number of aryl methyl sites for hydroxylation is 2. The molecule has 0 spiro atoms. The third-order valence-corrected chi connectivity index (χ3v) is 7.68. The zero-order valence-corrected chi connectivity index (χ0v) is 21.7. The molecule has 1 saturated carbocycles. The number of benzene rings is 3. The highest BCUT2D eigenvalue weighted by atomic mass is 16.7. The minimum absolute atomic E-state index is 0.360. The minimum Gasteiger partial charge on any atom is -0.341 e. The summed E-state index contributed by atoms with van der Waals surface area (Å²) in [6.07, 6.45) is 7.61.